The molecular formula is C12H13Cl2N5O3. The first kappa shape index (κ1) is 14.5. The van der Waals surface area contributed by atoms with E-state index in [0.717, 1.165) is 0 Å². The van der Waals surface area contributed by atoms with Crippen LogP contribution in [-0.4, -0.2) is 54.2 Å². The van der Waals surface area contributed by atoms with Crippen LogP contribution < -0.4 is 0 Å². The van der Waals surface area contributed by atoms with Crippen LogP contribution in [0, 0.1) is 0 Å². The fourth-order valence-electron chi connectivity index (χ4n) is 3.16. The second-order valence-electron chi connectivity index (χ2n) is 5.92. The Morgan fingerprint density at radius 1 is 1.23 bits per heavy atom. The van der Waals surface area contributed by atoms with Gasteiger partial charge in [0.25, 0.3) is 0 Å². The highest BCUT2D eigenvalue weighted by Crippen LogP contribution is 2.44. The number of halogens is 2. The molecule has 0 aromatic carbocycles. The Hall–Kier alpha value is -1.06. The Balaban J connectivity index is 1.79. The minimum atomic E-state index is -0.754. The number of aromatic nitrogens is 5. The fraction of sp³-hybridized carbons (Fsp3) is 0.667. The van der Waals surface area contributed by atoms with Gasteiger partial charge in [-0.25, -0.2) is 9.67 Å². The minimum Gasteiger partial charge on any atom is -0.390 e. The first-order chi connectivity index (χ1) is 10.4. The zero-order valence-corrected chi connectivity index (χ0v) is 13.3. The number of hydrogen-bond acceptors (Lipinski definition) is 7. The number of fused-ring (bicyclic) bond motifs is 2. The lowest BCUT2D eigenvalue weighted by Crippen LogP contribution is -2.29. The maximum atomic E-state index is 10.2. The van der Waals surface area contributed by atoms with Gasteiger partial charge in [0.2, 0.25) is 5.28 Å². The largest absolute Gasteiger partial charge is 0.390 e. The molecule has 8 nitrogen and oxygen atoms in total. The summed E-state index contributed by atoms with van der Waals surface area (Å²) in [7, 11) is 0. The van der Waals surface area contributed by atoms with Crippen molar-refractivity contribution in [3.8, 4) is 0 Å². The van der Waals surface area contributed by atoms with E-state index in [-0.39, 0.29) is 22.6 Å². The van der Waals surface area contributed by atoms with Crippen molar-refractivity contribution in [3.63, 3.8) is 0 Å². The standard InChI is InChI=1S/C12H13Cl2N5O3/c1-12(2)21-7-4(3-5(20)8(7)22-12)19-10-6(17-18-19)9(13)15-11(14)16-10/h4-5,7-8,20H,3H2,1-2H3/t4-,5+,7+,8-/m1/s1. The Labute approximate surface area is 135 Å². The van der Waals surface area contributed by atoms with E-state index >= 15 is 0 Å². The summed E-state index contributed by atoms with van der Waals surface area (Å²) < 4.78 is 13.2. The SMILES string of the molecule is CC1(C)O[C@@H]2[C@H](O1)[C@@H](O)C[C@H]2n1nnc2c(Cl)nc(Cl)nc21. The van der Waals surface area contributed by atoms with E-state index in [2.05, 4.69) is 20.3 Å². The average Bonchev–Trinajstić information content (AvgIpc) is 3.03. The molecule has 0 spiro atoms. The zero-order chi connectivity index (χ0) is 15.6. The van der Waals surface area contributed by atoms with Gasteiger partial charge in [-0.1, -0.05) is 16.8 Å². The van der Waals surface area contributed by atoms with Gasteiger partial charge in [-0.2, -0.15) is 4.98 Å². The Kier molecular flexibility index (Phi) is 3.11. The summed E-state index contributed by atoms with van der Waals surface area (Å²) in [5.41, 5.74) is 0.776. The van der Waals surface area contributed by atoms with Crippen LogP contribution >= 0.6 is 23.2 Å². The van der Waals surface area contributed by atoms with Crippen molar-refractivity contribution >= 4 is 34.4 Å². The number of hydrogen-bond donors (Lipinski definition) is 1. The van der Waals surface area contributed by atoms with Crippen LogP contribution in [0.3, 0.4) is 0 Å². The van der Waals surface area contributed by atoms with Crippen LogP contribution in [0.2, 0.25) is 10.4 Å². The van der Waals surface area contributed by atoms with Crippen molar-refractivity contribution in [2.45, 2.75) is 50.4 Å². The van der Waals surface area contributed by atoms with Crippen LogP contribution in [0.1, 0.15) is 26.3 Å². The molecule has 1 saturated heterocycles. The van der Waals surface area contributed by atoms with Crippen LogP contribution in [0.4, 0.5) is 0 Å². The Morgan fingerprint density at radius 2 is 1.95 bits per heavy atom. The average molecular weight is 346 g/mol. The maximum absolute atomic E-state index is 10.2. The molecule has 1 N–H and O–H groups in total. The number of nitrogens with zero attached hydrogens (tertiary/aromatic N) is 5. The third-order valence-corrected chi connectivity index (χ3v) is 4.41. The smallest absolute Gasteiger partial charge is 0.225 e. The molecule has 1 aliphatic heterocycles. The van der Waals surface area contributed by atoms with Crippen molar-refractivity contribution in [2.24, 2.45) is 0 Å². The number of rotatable bonds is 1. The van der Waals surface area contributed by atoms with Gasteiger partial charge in [-0.05, 0) is 25.4 Å². The zero-order valence-electron chi connectivity index (χ0n) is 11.8. The van der Waals surface area contributed by atoms with Crippen molar-refractivity contribution in [1.29, 1.82) is 0 Å². The van der Waals surface area contributed by atoms with E-state index in [9.17, 15) is 5.11 Å². The molecule has 2 aromatic rings. The molecule has 2 aromatic heterocycles. The third-order valence-electron chi connectivity index (χ3n) is 3.97. The molecule has 0 radical (unpaired) electrons. The number of ether oxygens (including phenoxy) is 2. The van der Waals surface area contributed by atoms with Crippen LogP contribution in [0.25, 0.3) is 11.2 Å². The van der Waals surface area contributed by atoms with Crippen LogP contribution in [-0.2, 0) is 9.47 Å². The Morgan fingerprint density at radius 3 is 2.73 bits per heavy atom. The Bertz CT molecular complexity index is 752. The molecule has 2 aliphatic rings. The molecule has 0 bridgehead atoms. The van der Waals surface area contributed by atoms with Crippen molar-refractivity contribution in [1.82, 2.24) is 25.0 Å². The van der Waals surface area contributed by atoms with Crippen LogP contribution in [0.15, 0.2) is 0 Å². The van der Waals surface area contributed by atoms with Gasteiger partial charge in [-0.3, -0.25) is 0 Å². The summed E-state index contributed by atoms with van der Waals surface area (Å²) in [6, 6.07) is -0.270. The van der Waals surface area contributed by atoms with Gasteiger partial charge in [0.1, 0.15) is 12.2 Å². The van der Waals surface area contributed by atoms with Crippen LogP contribution in [0.5, 0.6) is 0 Å². The van der Waals surface area contributed by atoms with Gasteiger partial charge < -0.3 is 14.6 Å². The summed E-state index contributed by atoms with van der Waals surface area (Å²) in [6.45, 7) is 3.62. The van der Waals surface area contributed by atoms with E-state index in [0.29, 0.717) is 17.6 Å². The lowest BCUT2D eigenvalue weighted by atomic mass is 10.2. The second kappa shape index (κ2) is 4.72. The van der Waals surface area contributed by atoms with E-state index in [1.165, 1.54) is 0 Å². The molecular weight excluding hydrogens is 333 g/mol. The summed E-state index contributed by atoms with van der Waals surface area (Å²) in [5.74, 6) is -0.754. The molecule has 118 valence electrons. The summed E-state index contributed by atoms with van der Waals surface area (Å²) >= 11 is 11.9. The van der Waals surface area contributed by atoms with E-state index in [1.54, 1.807) is 4.68 Å². The first-order valence-corrected chi connectivity index (χ1v) is 7.59. The molecule has 3 heterocycles. The quantitative estimate of drug-likeness (QED) is 0.615. The van der Waals surface area contributed by atoms with Gasteiger partial charge in [0.05, 0.1) is 12.1 Å². The summed E-state index contributed by atoms with van der Waals surface area (Å²) in [6.07, 6.45) is -0.985. The van der Waals surface area contributed by atoms with Gasteiger partial charge in [-0.15, -0.1) is 5.10 Å². The molecule has 4 atom stereocenters. The normalized spacial score (nSPS) is 33.5. The van der Waals surface area contributed by atoms with Gasteiger partial charge in [0, 0.05) is 6.42 Å². The lowest BCUT2D eigenvalue weighted by Gasteiger charge is -2.22. The highest BCUT2D eigenvalue weighted by Gasteiger charge is 2.55. The fourth-order valence-corrected chi connectivity index (χ4v) is 3.57. The lowest BCUT2D eigenvalue weighted by molar-refractivity contribution is -0.165. The van der Waals surface area contributed by atoms with Gasteiger partial charge in [0.15, 0.2) is 22.1 Å². The predicted octanol–water partition coefficient (Wildman–Crippen LogP) is 1.35. The van der Waals surface area contributed by atoms with Crippen molar-refractivity contribution in [3.05, 3.63) is 10.4 Å². The monoisotopic (exact) mass is 345 g/mol. The number of aliphatic hydroxyl groups excluding tert-OH is 1. The molecule has 1 saturated carbocycles. The maximum Gasteiger partial charge on any atom is 0.225 e. The van der Waals surface area contributed by atoms with Crippen molar-refractivity contribution < 1.29 is 14.6 Å². The minimum absolute atomic E-state index is 0.0139. The molecule has 10 heteroatoms. The van der Waals surface area contributed by atoms with E-state index < -0.39 is 18.0 Å². The molecule has 0 amide bonds. The van der Waals surface area contributed by atoms with E-state index in [1.807, 2.05) is 13.8 Å². The highest BCUT2D eigenvalue weighted by molar-refractivity contribution is 6.35. The molecule has 1 aliphatic carbocycles. The number of aliphatic hydroxyl groups is 1. The van der Waals surface area contributed by atoms with E-state index in [4.69, 9.17) is 32.7 Å². The predicted molar refractivity (Wildman–Crippen MR) is 76.6 cm³/mol. The molecule has 0 unspecified atom stereocenters. The molecule has 4 rings (SSSR count). The highest BCUT2D eigenvalue weighted by atomic mass is 35.5. The third kappa shape index (κ3) is 2.10. The summed E-state index contributed by atoms with van der Waals surface area (Å²) in [4.78, 5) is 7.99. The molecule has 22 heavy (non-hydrogen) atoms. The second-order valence-corrected chi connectivity index (χ2v) is 6.62. The first-order valence-electron chi connectivity index (χ1n) is 6.83. The topological polar surface area (TPSA) is 95.2 Å². The summed E-state index contributed by atoms with van der Waals surface area (Å²) in [5, 5.41) is 18.5. The van der Waals surface area contributed by atoms with Gasteiger partial charge >= 0.3 is 0 Å². The molecule has 2 fully saturated rings. The van der Waals surface area contributed by atoms with Crippen molar-refractivity contribution in [2.75, 3.05) is 0 Å².